The van der Waals surface area contributed by atoms with Crippen molar-refractivity contribution in [3.63, 3.8) is 0 Å². The van der Waals surface area contributed by atoms with Gasteiger partial charge in [0.1, 0.15) is 24.2 Å². The van der Waals surface area contributed by atoms with Gasteiger partial charge in [-0.05, 0) is 47.7 Å². The maximum Gasteiger partial charge on any atom is 0.244 e. The van der Waals surface area contributed by atoms with Gasteiger partial charge >= 0.3 is 0 Å². The zero-order valence-electron chi connectivity index (χ0n) is 19.0. The molecule has 0 saturated heterocycles. The van der Waals surface area contributed by atoms with Crippen molar-refractivity contribution in [3.8, 4) is 5.75 Å². The number of carbonyl (C=O) groups is 1. The number of nitrogens with one attached hydrogen (secondary N) is 1. The van der Waals surface area contributed by atoms with Crippen LogP contribution in [0.5, 0.6) is 5.75 Å². The molecule has 1 unspecified atom stereocenters. The first-order valence-corrected chi connectivity index (χ1v) is 12.5. The lowest BCUT2D eigenvalue weighted by atomic mass is 9.87. The molecule has 32 heavy (non-hydrogen) atoms. The van der Waals surface area contributed by atoms with Gasteiger partial charge in [0.05, 0.1) is 23.5 Å². The van der Waals surface area contributed by atoms with E-state index in [4.69, 9.17) is 16.3 Å². The number of anilines is 1. The molecule has 0 spiro atoms. The molecule has 176 valence electrons. The zero-order valence-corrected chi connectivity index (χ0v) is 20.6. The van der Waals surface area contributed by atoms with Gasteiger partial charge in [0.25, 0.3) is 0 Å². The van der Waals surface area contributed by atoms with E-state index in [1.807, 2.05) is 24.3 Å². The lowest BCUT2D eigenvalue weighted by Gasteiger charge is -2.30. The summed E-state index contributed by atoms with van der Waals surface area (Å²) in [4.78, 5) is 12.8. The highest BCUT2D eigenvalue weighted by Crippen LogP contribution is 2.27. The number of amides is 1. The number of carbonyl (C=O) groups excluding carboxylic acids is 1. The highest BCUT2D eigenvalue weighted by molar-refractivity contribution is 7.92. The smallest absolute Gasteiger partial charge is 0.244 e. The molecule has 1 atom stereocenters. The lowest BCUT2D eigenvalue weighted by molar-refractivity contribution is -0.122. The minimum atomic E-state index is -3.83. The van der Waals surface area contributed by atoms with Gasteiger partial charge in [0.2, 0.25) is 15.9 Å². The number of hydrogen-bond acceptors (Lipinski definition) is 4. The largest absolute Gasteiger partial charge is 0.492 e. The molecule has 0 aromatic heterocycles. The second kappa shape index (κ2) is 10.5. The van der Waals surface area contributed by atoms with Gasteiger partial charge in [-0.2, -0.15) is 0 Å². The molecule has 1 N–H and O–H groups in total. The Kier molecular flexibility index (Phi) is 8.54. The van der Waals surface area contributed by atoms with E-state index in [1.165, 1.54) is 17.7 Å². The second-order valence-electron chi connectivity index (χ2n) is 8.50. The maximum atomic E-state index is 13.5. The predicted molar refractivity (Wildman–Crippen MR) is 126 cm³/mol. The van der Waals surface area contributed by atoms with E-state index in [-0.39, 0.29) is 35.7 Å². The van der Waals surface area contributed by atoms with Gasteiger partial charge in [-0.1, -0.05) is 51.4 Å². The second-order valence-corrected chi connectivity index (χ2v) is 10.8. The van der Waals surface area contributed by atoms with Crippen molar-refractivity contribution in [1.82, 2.24) is 5.32 Å². The summed E-state index contributed by atoms with van der Waals surface area (Å²) < 4.78 is 45.0. The third-order valence-electron chi connectivity index (χ3n) is 4.88. The fourth-order valence-electron chi connectivity index (χ4n) is 3.19. The molecule has 0 saturated carbocycles. The number of sulfonamides is 1. The van der Waals surface area contributed by atoms with Crippen LogP contribution in [0.3, 0.4) is 0 Å². The van der Waals surface area contributed by atoms with Gasteiger partial charge in [0, 0.05) is 0 Å². The molecule has 0 fully saturated rings. The number of benzene rings is 2. The topological polar surface area (TPSA) is 75.7 Å². The third kappa shape index (κ3) is 6.84. The summed E-state index contributed by atoms with van der Waals surface area (Å²) in [6, 6.07) is 10.3. The number of rotatable bonds is 9. The molecule has 0 aliphatic rings. The van der Waals surface area contributed by atoms with Crippen molar-refractivity contribution in [3.05, 3.63) is 58.9 Å². The SMILES string of the molecule is CCC(C(=O)NCCOc1ccc(C(C)(C)C)cc1)N(c1ccc(F)c(Cl)c1)S(C)(=O)=O. The highest BCUT2D eigenvalue weighted by Gasteiger charge is 2.31. The molecular formula is C23H30ClFN2O4S. The molecule has 0 bridgehead atoms. The van der Waals surface area contributed by atoms with Crippen LogP contribution in [0.2, 0.25) is 5.02 Å². The molecule has 2 aromatic carbocycles. The average molecular weight is 485 g/mol. The molecule has 2 rings (SSSR count). The Morgan fingerprint density at radius 1 is 1.19 bits per heavy atom. The monoisotopic (exact) mass is 484 g/mol. The van der Waals surface area contributed by atoms with Gasteiger partial charge < -0.3 is 10.1 Å². The lowest BCUT2D eigenvalue weighted by Crippen LogP contribution is -2.50. The van der Waals surface area contributed by atoms with Crippen LogP contribution in [0.4, 0.5) is 10.1 Å². The van der Waals surface area contributed by atoms with Crippen molar-refractivity contribution in [2.24, 2.45) is 0 Å². The van der Waals surface area contributed by atoms with Gasteiger partial charge in [-0.3, -0.25) is 9.10 Å². The first-order valence-electron chi connectivity index (χ1n) is 10.3. The summed E-state index contributed by atoms with van der Waals surface area (Å²) in [5.74, 6) is -0.475. The number of ether oxygens (including phenoxy) is 1. The Labute approximate surface area is 194 Å². The summed E-state index contributed by atoms with van der Waals surface area (Å²) in [5, 5.41) is 2.49. The van der Waals surface area contributed by atoms with Crippen LogP contribution in [-0.2, 0) is 20.2 Å². The van der Waals surface area contributed by atoms with E-state index in [0.29, 0.717) is 5.75 Å². The summed E-state index contributed by atoms with van der Waals surface area (Å²) in [7, 11) is -3.83. The minimum absolute atomic E-state index is 0.0436. The van der Waals surface area contributed by atoms with Crippen LogP contribution in [0.15, 0.2) is 42.5 Å². The number of nitrogens with zero attached hydrogens (tertiary/aromatic N) is 1. The normalized spacial score (nSPS) is 12.8. The van der Waals surface area contributed by atoms with Gasteiger partial charge in [-0.25, -0.2) is 12.8 Å². The van der Waals surface area contributed by atoms with E-state index in [2.05, 4.69) is 26.1 Å². The fourth-order valence-corrected chi connectivity index (χ4v) is 4.57. The van der Waals surface area contributed by atoms with Crippen LogP contribution in [0, 0.1) is 5.82 Å². The third-order valence-corrected chi connectivity index (χ3v) is 6.35. The molecule has 9 heteroatoms. The maximum absolute atomic E-state index is 13.5. The Morgan fingerprint density at radius 3 is 2.31 bits per heavy atom. The van der Waals surface area contributed by atoms with Crippen LogP contribution in [0.25, 0.3) is 0 Å². The van der Waals surface area contributed by atoms with E-state index in [0.717, 1.165) is 16.6 Å². The summed E-state index contributed by atoms with van der Waals surface area (Å²) in [5.41, 5.74) is 1.35. The molecule has 0 heterocycles. The van der Waals surface area contributed by atoms with Crippen molar-refractivity contribution in [2.45, 2.75) is 45.6 Å². The van der Waals surface area contributed by atoms with Crippen LogP contribution in [0.1, 0.15) is 39.7 Å². The Balaban J connectivity index is 2.03. The first kappa shape index (κ1) is 25.9. The molecule has 0 radical (unpaired) electrons. The van der Waals surface area contributed by atoms with Crippen LogP contribution < -0.4 is 14.4 Å². The van der Waals surface area contributed by atoms with Crippen molar-refractivity contribution in [1.29, 1.82) is 0 Å². The minimum Gasteiger partial charge on any atom is -0.492 e. The molecule has 0 aliphatic carbocycles. The van der Waals surface area contributed by atoms with E-state index in [9.17, 15) is 17.6 Å². The Hall–Kier alpha value is -2.32. The number of hydrogen-bond donors (Lipinski definition) is 1. The zero-order chi connectivity index (χ0) is 24.1. The molecule has 0 aliphatic heterocycles. The molecule has 2 aromatic rings. The van der Waals surface area contributed by atoms with E-state index < -0.39 is 27.8 Å². The summed E-state index contributed by atoms with van der Waals surface area (Å²) in [6.07, 6.45) is 1.20. The molecule has 6 nitrogen and oxygen atoms in total. The number of halogens is 2. The van der Waals surface area contributed by atoms with Gasteiger partial charge in [0.15, 0.2) is 0 Å². The quantitative estimate of drug-likeness (QED) is 0.531. The van der Waals surface area contributed by atoms with Gasteiger partial charge in [-0.15, -0.1) is 0 Å². The predicted octanol–water partition coefficient (Wildman–Crippen LogP) is 4.52. The highest BCUT2D eigenvalue weighted by atomic mass is 35.5. The summed E-state index contributed by atoms with van der Waals surface area (Å²) in [6.45, 7) is 8.49. The van der Waals surface area contributed by atoms with Crippen molar-refractivity contribution < 1.29 is 22.3 Å². The molecule has 1 amide bonds. The Bertz CT molecular complexity index is 1040. The van der Waals surface area contributed by atoms with Crippen molar-refractivity contribution >= 4 is 33.2 Å². The average Bonchev–Trinajstić information content (AvgIpc) is 2.70. The summed E-state index contributed by atoms with van der Waals surface area (Å²) >= 11 is 5.82. The van der Waals surface area contributed by atoms with Crippen LogP contribution in [-0.4, -0.2) is 39.8 Å². The van der Waals surface area contributed by atoms with E-state index in [1.54, 1.807) is 6.92 Å². The van der Waals surface area contributed by atoms with Crippen molar-refractivity contribution in [2.75, 3.05) is 23.7 Å². The van der Waals surface area contributed by atoms with Crippen LogP contribution >= 0.6 is 11.6 Å². The molecular weight excluding hydrogens is 455 g/mol. The van der Waals surface area contributed by atoms with E-state index >= 15 is 0 Å². The standard InChI is InChI=1S/C23H30ClFN2O4S/c1-6-21(27(32(5,29)30)17-9-12-20(25)19(24)15-17)22(28)26-13-14-31-18-10-7-16(8-11-18)23(2,3)4/h7-12,15,21H,6,13-14H2,1-5H3,(H,26,28). The Morgan fingerprint density at radius 2 is 1.81 bits per heavy atom. The first-order chi connectivity index (χ1) is 14.8. The fraction of sp³-hybridized carbons (Fsp3) is 0.435.